The molecule has 1 atom stereocenters. The fourth-order valence-electron chi connectivity index (χ4n) is 4.69. The summed E-state index contributed by atoms with van der Waals surface area (Å²) in [6, 6.07) is 10.3. The predicted octanol–water partition coefficient (Wildman–Crippen LogP) is 4.68. The molecule has 0 radical (unpaired) electrons. The summed E-state index contributed by atoms with van der Waals surface area (Å²) in [5.74, 6) is -0.734. The zero-order chi connectivity index (χ0) is 27.9. The molecule has 13 heteroatoms. The molecule has 38 heavy (non-hydrogen) atoms. The number of benzene rings is 1. The summed E-state index contributed by atoms with van der Waals surface area (Å²) in [6.45, 7) is 6.62. The highest BCUT2D eigenvalue weighted by molar-refractivity contribution is 7.91. The van der Waals surface area contributed by atoms with Gasteiger partial charge in [0, 0.05) is 24.0 Å². The van der Waals surface area contributed by atoms with Crippen LogP contribution in [0.1, 0.15) is 37.6 Å². The summed E-state index contributed by atoms with van der Waals surface area (Å²) >= 11 is 0. The van der Waals surface area contributed by atoms with Gasteiger partial charge in [0.15, 0.2) is 5.03 Å². The van der Waals surface area contributed by atoms with Crippen LogP contribution in [-0.2, 0) is 9.84 Å². The molecule has 1 saturated heterocycles. The van der Waals surface area contributed by atoms with E-state index < -0.39 is 27.9 Å². The minimum Gasteiger partial charge on any atom is -0.406 e. The van der Waals surface area contributed by atoms with Gasteiger partial charge in [-0.2, -0.15) is 0 Å². The van der Waals surface area contributed by atoms with E-state index in [-0.39, 0.29) is 32.7 Å². The Morgan fingerprint density at radius 3 is 2.42 bits per heavy atom. The van der Waals surface area contributed by atoms with Gasteiger partial charge in [0.25, 0.3) is 5.91 Å². The molecule has 1 amide bonds. The van der Waals surface area contributed by atoms with Crippen molar-refractivity contribution >= 4 is 33.1 Å². The van der Waals surface area contributed by atoms with Crippen molar-refractivity contribution in [3.05, 3.63) is 60.3 Å². The molecule has 3 aromatic rings. The van der Waals surface area contributed by atoms with Crippen molar-refractivity contribution in [1.29, 1.82) is 0 Å². The lowest BCUT2D eigenvalue weighted by Gasteiger charge is -2.33. The molecule has 9 nitrogen and oxygen atoms in total. The number of alkyl halides is 3. The number of carbonyl (C=O) groups is 1. The molecular weight excluding hydrogens is 523 g/mol. The Bertz CT molecular complexity index is 1460. The maximum Gasteiger partial charge on any atom is 0.573 e. The SMILES string of the molecule is CC1CN(c2nccc(S(=O)(=O)c3cccc(Nc4ccc(OC(F)(F)F)cc4)n3)c2C(N)=O)C(C)(C)C1. The van der Waals surface area contributed by atoms with Gasteiger partial charge in [0.1, 0.15) is 22.9 Å². The van der Waals surface area contributed by atoms with Crippen molar-refractivity contribution < 1.29 is 31.1 Å². The van der Waals surface area contributed by atoms with Crippen LogP contribution in [0, 0.1) is 5.92 Å². The first-order valence-electron chi connectivity index (χ1n) is 11.6. The number of ether oxygens (including phenoxy) is 1. The quantitative estimate of drug-likeness (QED) is 0.435. The number of nitrogens with zero attached hydrogens (tertiary/aromatic N) is 3. The van der Waals surface area contributed by atoms with Gasteiger partial charge < -0.3 is 20.7 Å². The van der Waals surface area contributed by atoms with Crippen LogP contribution < -0.4 is 20.7 Å². The van der Waals surface area contributed by atoms with Gasteiger partial charge in [-0.25, -0.2) is 18.4 Å². The minimum absolute atomic E-state index is 0.111. The second-order valence-corrected chi connectivity index (χ2v) is 11.5. The van der Waals surface area contributed by atoms with Crippen LogP contribution in [-0.4, -0.2) is 42.7 Å². The van der Waals surface area contributed by atoms with E-state index in [2.05, 4.69) is 26.9 Å². The number of aromatic nitrogens is 2. The summed E-state index contributed by atoms with van der Waals surface area (Å²) in [6.07, 6.45) is -2.68. The molecule has 202 valence electrons. The Morgan fingerprint density at radius 2 is 1.84 bits per heavy atom. The fourth-order valence-corrected chi connectivity index (χ4v) is 6.09. The van der Waals surface area contributed by atoms with Gasteiger partial charge in [-0.3, -0.25) is 4.79 Å². The smallest absolute Gasteiger partial charge is 0.406 e. The zero-order valence-electron chi connectivity index (χ0n) is 20.8. The molecule has 0 aliphatic carbocycles. The Labute approximate surface area is 217 Å². The van der Waals surface area contributed by atoms with E-state index in [1.165, 1.54) is 42.6 Å². The number of carbonyl (C=O) groups excluding carboxylic acids is 1. The number of nitrogens with one attached hydrogen (secondary N) is 1. The Balaban J connectivity index is 1.68. The summed E-state index contributed by atoms with van der Waals surface area (Å²) in [5, 5.41) is 2.49. The monoisotopic (exact) mass is 549 g/mol. The number of amides is 1. The van der Waals surface area contributed by atoms with Crippen LogP contribution >= 0.6 is 0 Å². The van der Waals surface area contributed by atoms with Crippen LogP contribution in [0.3, 0.4) is 0 Å². The first kappa shape index (κ1) is 27.2. The van der Waals surface area contributed by atoms with Crippen molar-refractivity contribution in [2.45, 2.75) is 49.0 Å². The van der Waals surface area contributed by atoms with Crippen molar-refractivity contribution in [3.63, 3.8) is 0 Å². The van der Waals surface area contributed by atoms with Crippen LogP contribution in [0.5, 0.6) is 5.75 Å². The third-order valence-electron chi connectivity index (χ3n) is 6.12. The van der Waals surface area contributed by atoms with Crippen LogP contribution in [0.2, 0.25) is 0 Å². The first-order valence-corrected chi connectivity index (χ1v) is 13.1. The number of hydrogen-bond donors (Lipinski definition) is 2. The number of primary amides is 1. The number of hydrogen-bond acceptors (Lipinski definition) is 8. The summed E-state index contributed by atoms with van der Waals surface area (Å²) in [7, 11) is -4.32. The molecule has 0 spiro atoms. The number of sulfone groups is 1. The predicted molar refractivity (Wildman–Crippen MR) is 134 cm³/mol. The Hall–Kier alpha value is -3.87. The standard InChI is InChI=1S/C25H26F3N5O4S/c1-15-13-24(2,3)33(14-15)23-21(22(29)34)18(11-12-30-23)38(35,36)20-6-4-5-19(32-20)31-16-7-9-17(10-8-16)37-25(26,27)28/h4-12,15H,13-14H2,1-3H3,(H2,29,34)(H,31,32). The lowest BCUT2D eigenvalue weighted by molar-refractivity contribution is -0.274. The van der Waals surface area contributed by atoms with E-state index in [0.717, 1.165) is 18.6 Å². The topological polar surface area (TPSA) is 128 Å². The second kappa shape index (κ2) is 9.78. The van der Waals surface area contributed by atoms with Crippen molar-refractivity contribution in [2.24, 2.45) is 11.7 Å². The summed E-state index contributed by atoms with van der Waals surface area (Å²) in [4.78, 5) is 22.7. The van der Waals surface area contributed by atoms with Crippen LogP contribution in [0.25, 0.3) is 0 Å². The third kappa shape index (κ3) is 5.67. The third-order valence-corrected chi connectivity index (χ3v) is 7.81. The normalized spacial score (nSPS) is 17.3. The first-order chi connectivity index (χ1) is 17.7. The zero-order valence-corrected chi connectivity index (χ0v) is 21.6. The molecule has 2 aromatic heterocycles. The molecule has 1 aliphatic heterocycles. The van der Waals surface area contributed by atoms with Crippen LogP contribution in [0.15, 0.2) is 64.6 Å². The molecule has 1 fully saturated rings. The number of pyridine rings is 2. The van der Waals surface area contributed by atoms with Crippen molar-refractivity contribution in [3.8, 4) is 5.75 Å². The Morgan fingerprint density at radius 1 is 1.16 bits per heavy atom. The molecule has 3 heterocycles. The minimum atomic E-state index is -4.82. The van der Waals surface area contributed by atoms with E-state index in [0.29, 0.717) is 18.2 Å². The summed E-state index contributed by atoms with van der Waals surface area (Å²) in [5.41, 5.74) is 5.44. The second-order valence-electron chi connectivity index (χ2n) is 9.67. The molecule has 1 aliphatic rings. The van der Waals surface area contributed by atoms with Gasteiger partial charge in [-0.05, 0) is 68.7 Å². The van der Waals surface area contributed by atoms with E-state index in [1.54, 1.807) is 0 Å². The van der Waals surface area contributed by atoms with Crippen molar-refractivity contribution in [1.82, 2.24) is 9.97 Å². The molecule has 1 unspecified atom stereocenters. The van der Waals surface area contributed by atoms with Gasteiger partial charge in [0.2, 0.25) is 9.84 Å². The van der Waals surface area contributed by atoms with E-state index >= 15 is 0 Å². The number of anilines is 3. The largest absolute Gasteiger partial charge is 0.573 e. The highest BCUT2D eigenvalue weighted by Gasteiger charge is 2.40. The van der Waals surface area contributed by atoms with Gasteiger partial charge in [-0.15, -0.1) is 13.2 Å². The fraction of sp³-hybridized carbons (Fsp3) is 0.320. The Kier molecular flexibility index (Phi) is 6.99. The summed E-state index contributed by atoms with van der Waals surface area (Å²) < 4.78 is 68.4. The number of nitrogens with two attached hydrogens (primary N) is 1. The lowest BCUT2D eigenvalue weighted by Crippen LogP contribution is -2.40. The van der Waals surface area contributed by atoms with Gasteiger partial charge >= 0.3 is 6.36 Å². The molecule has 4 rings (SSSR count). The molecule has 3 N–H and O–H groups in total. The van der Waals surface area contributed by atoms with E-state index in [4.69, 9.17) is 5.73 Å². The average Bonchev–Trinajstić information content (AvgIpc) is 3.10. The lowest BCUT2D eigenvalue weighted by atomic mass is 9.97. The van der Waals surface area contributed by atoms with Crippen LogP contribution in [0.4, 0.5) is 30.5 Å². The maximum atomic E-state index is 13.7. The average molecular weight is 550 g/mol. The highest BCUT2D eigenvalue weighted by atomic mass is 32.2. The van der Waals surface area contributed by atoms with Crippen molar-refractivity contribution in [2.75, 3.05) is 16.8 Å². The van der Waals surface area contributed by atoms with Gasteiger partial charge in [-0.1, -0.05) is 13.0 Å². The van der Waals surface area contributed by atoms with E-state index in [9.17, 15) is 26.4 Å². The molecule has 0 bridgehead atoms. The highest BCUT2D eigenvalue weighted by Crippen LogP contribution is 2.39. The molecule has 1 aromatic carbocycles. The molecular formula is C25H26F3N5O4S. The number of halogens is 3. The number of rotatable bonds is 7. The maximum absolute atomic E-state index is 13.7. The molecule has 0 saturated carbocycles. The van der Waals surface area contributed by atoms with Gasteiger partial charge in [0.05, 0.1) is 4.90 Å². The van der Waals surface area contributed by atoms with E-state index in [1.807, 2.05) is 18.7 Å².